The van der Waals surface area contributed by atoms with E-state index in [1.165, 1.54) is 0 Å². The Bertz CT molecular complexity index is 225. The van der Waals surface area contributed by atoms with E-state index in [1.807, 2.05) is 0 Å². The molecule has 104 valence electrons. The summed E-state index contributed by atoms with van der Waals surface area (Å²) in [4.78, 5) is 55.7. The summed E-state index contributed by atoms with van der Waals surface area (Å²) in [5.41, 5.74) is 0. The molecule has 0 saturated carbocycles. The monoisotopic (exact) mass is 344 g/mol. The summed E-state index contributed by atoms with van der Waals surface area (Å²) in [6.07, 6.45) is -3.67. The SMILES string of the molecule is O=C(O)O.O=C(O)O.O=P(O)(O)O.O=[Si]([O-])[O-].[Na+].[Na+]. The Morgan fingerprint density at radius 2 is 0.842 bits per heavy atom. The van der Waals surface area contributed by atoms with Crippen molar-refractivity contribution in [2.45, 2.75) is 0 Å². The molecule has 19 heavy (non-hydrogen) atoms. The maximum absolute atomic E-state index is 8.88. The minimum Gasteiger partial charge on any atom is -0.672 e. The van der Waals surface area contributed by atoms with Gasteiger partial charge >= 0.3 is 79.2 Å². The van der Waals surface area contributed by atoms with Crippen molar-refractivity contribution < 1.29 is 122 Å². The number of phosphoric acid groups is 1. The van der Waals surface area contributed by atoms with Gasteiger partial charge in [-0.25, -0.2) is 14.2 Å². The number of carbonyl (C=O) groups is 2. The van der Waals surface area contributed by atoms with Gasteiger partial charge in [0.15, 0.2) is 0 Å². The topological polar surface area (TPSA) is 256 Å². The molecule has 0 aromatic rings. The molecule has 0 aromatic heterocycles. The number of carboxylic acid groups (broad SMARTS) is 4. The maximum Gasteiger partial charge on any atom is 1.00 e. The Morgan fingerprint density at radius 3 is 0.842 bits per heavy atom. The zero-order valence-corrected chi connectivity index (χ0v) is 15.4. The molecule has 17 heteroatoms. The predicted octanol–water partition coefficient (Wildman–Crippen LogP) is -9.35. The van der Waals surface area contributed by atoms with Crippen molar-refractivity contribution in [2.75, 3.05) is 0 Å². The molecule has 0 radical (unpaired) electrons. The Labute approximate surface area is 150 Å². The average molecular weight is 344 g/mol. The number of rotatable bonds is 0. The summed E-state index contributed by atoms with van der Waals surface area (Å²) in [5.74, 6) is 0. The van der Waals surface area contributed by atoms with Gasteiger partial charge in [0.25, 0.3) is 0 Å². The quantitative estimate of drug-likeness (QED) is 0.159. The second-order valence-electron chi connectivity index (χ2n) is 1.33. The van der Waals surface area contributed by atoms with Gasteiger partial charge in [0.1, 0.15) is 0 Å². The third kappa shape index (κ3) is 67900. The largest absolute Gasteiger partial charge is 1.00 e. The van der Waals surface area contributed by atoms with Gasteiger partial charge in [-0.05, 0) is 0 Å². The molecule has 0 aliphatic carbocycles. The van der Waals surface area contributed by atoms with Gasteiger partial charge in [0.2, 0.25) is 0 Å². The van der Waals surface area contributed by atoms with Crippen LogP contribution in [0.25, 0.3) is 0 Å². The van der Waals surface area contributed by atoms with E-state index in [0.717, 1.165) is 0 Å². The molecule has 0 spiro atoms. The van der Waals surface area contributed by atoms with Crippen LogP contribution in [-0.2, 0) is 9.03 Å². The van der Waals surface area contributed by atoms with E-state index in [1.54, 1.807) is 0 Å². The molecule has 0 atom stereocenters. The van der Waals surface area contributed by atoms with Crippen LogP contribution in [0.4, 0.5) is 9.59 Å². The minimum atomic E-state index is -4.64. The molecule has 13 nitrogen and oxygen atoms in total. The zero-order valence-electron chi connectivity index (χ0n) is 9.53. The van der Waals surface area contributed by atoms with E-state index in [0.29, 0.717) is 0 Å². The second kappa shape index (κ2) is 23.4. The summed E-state index contributed by atoms with van der Waals surface area (Å²) >= 11 is 0. The van der Waals surface area contributed by atoms with Crippen molar-refractivity contribution >= 4 is 29.3 Å². The molecule has 0 aliphatic rings. The Morgan fingerprint density at radius 1 is 0.842 bits per heavy atom. The standard InChI is InChI=1S/2CH2O3.2Na.H3O4P.O3Si/c2*2-1(3)4;;;1-5(2,3)4;1-4(2)3/h2*(H2,2,3,4);;;(H3,1,2,3,4);/q;;2*+1;;-2. The summed E-state index contributed by atoms with van der Waals surface area (Å²) < 4.78 is 17.4. The van der Waals surface area contributed by atoms with Gasteiger partial charge in [-0.15, -0.1) is 0 Å². The summed E-state index contributed by atoms with van der Waals surface area (Å²) in [5, 5.41) is 27.9. The fourth-order valence-electron chi connectivity index (χ4n) is 0. The molecule has 0 heterocycles. The van der Waals surface area contributed by atoms with Crippen molar-refractivity contribution in [3.63, 3.8) is 0 Å². The molecule has 0 unspecified atom stereocenters. The smallest absolute Gasteiger partial charge is 0.672 e. The first-order chi connectivity index (χ1) is 7.20. The van der Waals surface area contributed by atoms with Gasteiger partial charge in [-0.3, -0.25) is 0 Å². The molecule has 0 aromatic carbocycles. The summed E-state index contributed by atoms with van der Waals surface area (Å²) in [7, 11) is -8.27. The van der Waals surface area contributed by atoms with Gasteiger partial charge in [-0.2, -0.15) is 0 Å². The van der Waals surface area contributed by atoms with Crippen LogP contribution < -0.4 is 68.7 Å². The van der Waals surface area contributed by atoms with Crippen molar-refractivity contribution in [1.29, 1.82) is 0 Å². The van der Waals surface area contributed by atoms with Crippen molar-refractivity contribution in [3.8, 4) is 0 Å². The van der Waals surface area contributed by atoms with E-state index in [4.69, 9.17) is 63.3 Å². The fraction of sp³-hybridized carbons (Fsp3) is 0. The third-order valence-corrected chi connectivity index (χ3v) is 0. The van der Waals surface area contributed by atoms with Crippen LogP contribution in [0.1, 0.15) is 0 Å². The Balaban J connectivity index is -0.0000000288. The van der Waals surface area contributed by atoms with Crippen LogP contribution in [0.5, 0.6) is 0 Å². The number of hydrogen-bond acceptors (Lipinski definition) is 6. The van der Waals surface area contributed by atoms with Crippen LogP contribution in [0.2, 0.25) is 0 Å². The third-order valence-electron chi connectivity index (χ3n) is 0. The first-order valence-electron chi connectivity index (χ1n) is 2.70. The molecule has 0 bridgehead atoms. The molecule has 7 N–H and O–H groups in total. The normalized spacial score (nSPS) is 6.89. The average Bonchev–Trinajstić information content (AvgIpc) is 1.73. The molecule has 0 aliphatic heterocycles. The van der Waals surface area contributed by atoms with Crippen LogP contribution in [0.15, 0.2) is 0 Å². The first kappa shape index (κ1) is 36.5. The van der Waals surface area contributed by atoms with E-state index >= 15 is 0 Å². The molecular weight excluding hydrogens is 337 g/mol. The van der Waals surface area contributed by atoms with Crippen molar-refractivity contribution in [3.05, 3.63) is 0 Å². The van der Waals surface area contributed by atoms with Crippen LogP contribution in [0.3, 0.4) is 0 Å². The van der Waals surface area contributed by atoms with Crippen LogP contribution in [-0.4, -0.2) is 56.6 Å². The molecule has 0 rings (SSSR count). The minimum absolute atomic E-state index is 0. The summed E-state index contributed by atoms with van der Waals surface area (Å²) in [6.45, 7) is 0. The van der Waals surface area contributed by atoms with Crippen molar-refractivity contribution in [1.82, 2.24) is 0 Å². The van der Waals surface area contributed by atoms with E-state index in [2.05, 4.69) is 0 Å². The van der Waals surface area contributed by atoms with E-state index in [9.17, 15) is 0 Å². The Hall–Kier alpha value is 0.267. The van der Waals surface area contributed by atoms with Gasteiger partial charge in [0.05, 0.1) is 0 Å². The second-order valence-corrected chi connectivity index (χ2v) is 2.85. The van der Waals surface area contributed by atoms with E-state index in [-0.39, 0.29) is 59.1 Å². The van der Waals surface area contributed by atoms with Crippen molar-refractivity contribution in [2.24, 2.45) is 0 Å². The molecule has 0 saturated heterocycles. The van der Waals surface area contributed by atoms with Crippen LogP contribution >= 0.6 is 7.82 Å². The van der Waals surface area contributed by atoms with Gasteiger partial charge < -0.3 is 49.2 Å². The Kier molecular flexibility index (Phi) is 44.9. The maximum atomic E-state index is 8.88. The summed E-state index contributed by atoms with van der Waals surface area (Å²) in [6, 6.07) is 0. The molecule has 0 fully saturated rings. The van der Waals surface area contributed by atoms with Gasteiger partial charge in [-0.1, -0.05) is 0 Å². The molecule has 0 amide bonds. The fourth-order valence-corrected chi connectivity index (χ4v) is 0. The predicted molar refractivity (Wildman–Crippen MR) is 42.0 cm³/mol. The first-order valence-corrected chi connectivity index (χ1v) is 5.49. The number of hydrogen-bond donors (Lipinski definition) is 7. The zero-order chi connectivity index (χ0) is 15.2. The van der Waals surface area contributed by atoms with Crippen LogP contribution in [0, 0.1) is 0 Å². The molecular formula is C2H7Na2O13PSi. The van der Waals surface area contributed by atoms with E-state index < -0.39 is 29.3 Å². The van der Waals surface area contributed by atoms with Gasteiger partial charge in [0, 0.05) is 9.17 Å².